The number of carbonyl (C=O) groups is 1. The molecule has 0 aliphatic heterocycles. The molecule has 1 fully saturated rings. The third-order valence-electron chi connectivity index (χ3n) is 7.07. The monoisotopic (exact) mass is 463 g/mol. The molecule has 1 unspecified atom stereocenters. The summed E-state index contributed by atoms with van der Waals surface area (Å²) in [5.74, 6) is 2.04. The summed E-state index contributed by atoms with van der Waals surface area (Å²) in [6.45, 7) is 8.72. The molecule has 0 heterocycles. The Morgan fingerprint density at radius 1 is 1.06 bits per heavy atom. The fraction of sp³-hybridized carbons (Fsp3) is 0.500. The van der Waals surface area contributed by atoms with E-state index in [-0.39, 0.29) is 18.5 Å². The van der Waals surface area contributed by atoms with E-state index >= 15 is 0 Å². The van der Waals surface area contributed by atoms with Crippen molar-refractivity contribution >= 4 is 5.97 Å². The van der Waals surface area contributed by atoms with Gasteiger partial charge in [-0.25, -0.2) is 4.79 Å². The van der Waals surface area contributed by atoms with E-state index in [9.17, 15) is 4.79 Å². The minimum absolute atomic E-state index is 0.0494. The van der Waals surface area contributed by atoms with Crippen LogP contribution in [0.3, 0.4) is 0 Å². The van der Waals surface area contributed by atoms with E-state index < -0.39 is 0 Å². The highest BCUT2D eigenvalue weighted by Crippen LogP contribution is 2.37. The molecule has 0 aromatic heterocycles. The van der Waals surface area contributed by atoms with Crippen molar-refractivity contribution in [1.29, 1.82) is 0 Å². The zero-order valence-corrected chi connectivity index (χ0v) is 20.9. The van der Waals surface area contributed by atoms with E-state index in [4.69, 9.17) is 15.2 Å². The molecule has 3 rings (SSSR count). The summed E-state index contributed by atoms with van der Waals surface area (Å²) >= 11 is 0. The third kappa shape index (κ3) is 7.73. The van der Waals surface area contributed by atoms with Crippen molar-refractivity contribution in [3.8, 4) is 5.75 Å². The number of ether oxygens (including phenoxy) is 2. The summed E-state index contributed by atoms with van der Waals surface area (Å²) in [5.41, 5.74) is 9.96. The van der Waals surface area contributed by atoms with Crippen molar-refractivity contribution in [3.05, 3.63) is 77.4 Å². The number of unbranched alkanes of at least 4 members (excludes halogenated alkanes) is 1. The predicted molar refractivity (Wildman–Crippen MR) is 139 cm³/mol. The van der Waals surface area contributed by atoms with E-state index in [2.05, 4.69) is 37.8 Å². The second-order valence-electron chi connectivity index (χ2n) is 9.77. The third-order valence-corrected chi connectivity index (χ3v) is 7.07. The number of nitrogens with two attached hydrogens (primary N) is 1. The molecule has 1 aliphatic carbocycles. The Morgan fingerprint density at radius 2 is 1.74 bits per heavy atom. The van der Waals surface area contributed by atoms with Crippen LogP contribution in [0.4, 0.5) is 0 Å². The summed E-state index contributed by atoms with van der Waals surface area (Å²) in [6, 6.07) is 16.9. The van der Waals surface area contributed by atoms with Crippen LogP contribution in [0.2, 0.25) is 0 Å². The van der Waals surface area contributed by atoms with Gasteiger partial charge in [-0.1, -0.05) is 69.2 Å². The van der Waals surface area contributed by atoms with Crippen LogP contribution in [-0.4, -0.2) is 19.1 Å². The Kier molecular flexibility index (Phi) is 10.2. The van der Waals surface area contributed by atoms with Crippen LogP contribution >= 0.6 is 0 Å². The highest BCUT2D eigenvalue weighted by Gasteiger charge is 2.22. The lowest BCUT2D eigenvalue weighted by atomic mass is 9.77. The van der Waals surface area contributed by atoms with E-state index in [1.54, 1.807) is 6.92 Å². The lowest BCUT2D eigenvalue weighted by Crippen LogP contribution is -2.20. The fourth-order valence-electron chi connectivity index (χ4n) is 4.77. The van der Waals surface area contributed by atoms with Gasteiger partial charge in [0.2, 0.25) is 0 Å². The Labute approximate surface area is 205 Å². The first-order valence-corrected chi connectivity index (χ1v) is 12.8. The van der Waals surface area contributed by atoms with Crippen LogP contribution in [0.1, 0.15) is 87.3 Å². The van der Waals surface area contributed by atoms with Gasteiger partial charge in [-0.2, -0.15) is 0 Å². The Balaban J connectivity index is 1.46. The molecule has 4 heteroatoms. The zero-order valence-electron chi connectivity index (χ0n) is 20.9. The predicted octanol–water partition coefficient (Wildman–Crippen LogP) is 6.89. The molecule has 1 saturated carbocycles. The molecule has 0 spiro atoms. The SMILES string of the molecule is C=C(C)C(=O)OCC(CN)c1ccc(OCc2ccc(C3CCC(CCCC)CC3)cc2)cc1. The number of hydrogen-bond donors (Lipinski definition) is 1. The number of rotatable bonds is 12. The fourth-order valence-corrected chi connectivity index (χ4v) is 4.77. The van der Waals surface area contributed by atoms with E-state index in [1.165, 1.54) is 56.1 Å². The van der Waals surface area contributed by atoms with E-state index in [0.29, 0.717) is 24.6 Å². The topological polar surface area (TPSA) is 61.5 Å². The summed E-state index contributed by atoms with van der Waals surface area (Å²) in [7, 11) is 0. The van der Waals surface area contributed by atoms with Gasteiger partial charge >= 0.3 is 5.97 Å². The molecule has 0 radical (unpaired) electrons. The molecule has 1 atom stereocenters. The van der Waals surface area contributed by atoms with Crippen molar-refractivity contribution < 1.29 is 14.3 Å². The van der Waals surface area contributed by atoms with Gasteiger partial charge in [-0.3, -0.25) is 0 Å². The molecule has 1 aliphatic rings. The van der Waals surface area contributed by atoms with Crippen LogP contribution in [0.25, 0.3) is 0 Å². The van der Waals surface area contributed by atoms with Gasteiger partial charge in [0, 0.05) is 18.0 Å². The summed E-state index contributed by atoms with van der Waals surface area (Å²) in [5, 5.41) is 0. The number of carbonyl (C=O) groups excluding carboxylic acids is 1. The molecule has 2 N–H and O–H groups in total. The average molecular weight is 464 g/mol. The molecule has 0 bridgehead atoms. The molecule has 0 saturated heterocycles. The molecule has 2 aromatic rings. The first-order valence-electron chi connectivity index (χ1n) is 12.8. The molecule has 34 heavy (non-hydrogen) atoms. The maximum atomic E-state index is 11.6. The quantitative estimate of drug-likeness (QED) is 0.275. The average Bonchev–Trinajstić information content (AvgIpc) is 2.87. The van der Waals surface area contributed by atoms with Gasteiger partial charge in [-0.15, -0.1) is 0 Å². The largest absolute Gasteiger partial charge is 0.489 e. The number of benzene rings is 2. The Bertz CT molecular complexity index is 896. The second-order valence-corrected chi connectivity index (χ2v) is 9.77. The molecular formula is C30H41NO3. The van der Waals surface area contributed by atoms with Crippen LogP contribution in [0, 0.1) is 5.92 Å². The maximum absolute atomic E-state index is 11.6. The van der Waals surface area contributed by atoms with Gasteiger partial charge in [0.25, 0.3) is 0 Å². The van der Waals surface area contributed by atoms with Crippen LogP contribution in [0.15, 0.2) is 60.7 Å². The Morgan fingerprint density at radius 3 is 2.32 bits per heavy atom. The minimum Gasteiger partial charge on any atom is -0.489 e. The van der Waals surface area contributed by atoms with Crippen molar-refractivity contribution in [1.82, 2.24) is 0 Å². The summed E-state index contributed by atoms with van der Waals surface area (Å²) in [4.78, 5) is 11.6. The molecule has 2 aromatic carbocycles. The van der Waals surface area contributed by atoms with E-state index in [0.717, 1.165) is 17.2 Å². The van der Waals surface area contributed by atoms with Crippen LogP contribution in [0.5, 0.6) is 5.75 Å². The highest BCUT2D eigenvalue weighted by molar-refractivity contribution is 5.86. The van der Waals surface area contributed by atoms with Gasteiger partial charge in [0.05, 0.1) is 6.61 Å². The maximum Gasteiger partial charge on any atom is 0.333 e. The highest BCUT2D eigenvalue weighted by atomic mass is 16.5. The second kappa shape index (κ2) is 13.3. The smallest absolute Gasteiger partial charge is 0.333 e. The van der Waals surface area contributed by atoms with Crippen molar-refractivity contribution in [2.24, 2.45) is 11.7 Å². The van der Waals surface area contributed by atoms with Crippen molar-refractivity contribution in [3.63, 3.8) is 0 Å². The lowest BCUT2D eigenvalue weighted by Gasteiger charge is -2.29. The Hall–Kier alpha value is -2.59. The summed E-state index contributed by atoms with van der Waals surface area (Å²) in [6.07, 6.45) is 9.52. The van der Waals surface area contributed by atoms with Crippen LogP contribution in [-0.2, 0) is 16.1 Å². The van der Waals surface area contributed by atoms with Crippen LogP contribution < -0.4 is 10.5 Å². The first kappa shape index (κ1) is 26.0. The first-order chi connectivity index (χ1) is 16.5. The minimum atomic E-state index is -0.385. The normalized spacial score (nSPS) is 18.8. The zero-order chi connectivity index (χ0) is 24.3. The van der Waals surface area contributed by atoms with Crippen molar-refractivity contribution in [2.45, 2.75) is 77.2 Å². The molecule has 184 valence electrons. The van der Waals surface area contributed by atoms with Gasteiger partial charge in [0.1, 0.15) is 12.4 Å². The molecule has 0 amide bonds. The number of esters is 1. The van der Waals surface area contributed by atoms with Gasteiger partial charge in [-0.05, 0) is 73.3 Å². The molecular weight excluding hydrogens is 422 g/mol. The standard InChI is InChI=1S/C30H41NO3/c1-4-5-6-23-7-11-25(12-8-23)26-13-9-24(10-14-26)20-33-29-17-15-27(16-18-29)28(19-31)21-34-30(32)22(2)3/h9-10,13-18,23,25,28H,2,4-8,11-12,19-21,31H2,1,3H3. The number of hydrogen-bond acceptors (Lipinski definition) is 4. The van der Waals surface area contributed by atoms with Gasteiger partial charge in [0.15, 0.2) is 0 Å². The van der Waals surface area contributed by atoms with Crippen molar-refractivity contribution in [2.75, 3.05) is 13.2 Å². The van der Waals surface area contributed by atoms with E-state index in [1.807, 2.05) is 24.3 Å². The summed E-state index contributed by atoms with van der Waals surface area (Å²) < 4.78 is 11.3. The van der Waals surface area contributed by atoms with Gasteiger partial charge < -0.3 is 15.2 Å². The molecule has 4 nitrogen and oxygen atoms in total. The lowest BCUT2D eigenvalue weighted by molar-refractivity contribution is -0.139.